The number of rotatable bonds is 8. The summed E-state index contributed by atoms with van der Waals surface area (Å²) in [5.74, 6) is -0.251. The second-order valence-electron chi connectivity index (χ2n) is 4.94. The van der Waals surface area contributed by atoms with Crippen molar-refractivity contribution in [2.45, 2.75) is 44.0 Å². The van der Waals surface area contributed by atoms with E-state index in [1.165, 1.54) is 13.2 Å². The Bertz CT molecular complexity index is 597. The summed E-state index contributed by atoms with van der Waals surface area (Å²) >= 11 is 0. The number of carboxylic acids is 1. The van der Waals surface area contributed by atoms with Crippen LogP contribution in [0.4, 0.5) is 0 Å². The van der Waals surface area contributed by atoms with E-state index in [4.69, 9.17) is 9.84 Å². The first-order chi connectivity index (χ1) is 9.76. The molecule has 0 radical (unpaired) electrons. The first-order valence-corrected chi connectivity index (χ1v) is 8.13. The summed E-state index contributed by atoms with van der Waals surface area (Å²) in [6.07, 6.45) is 0.940. The highest BCUT2D eigenvalue weighted by molar-refractivity contribution is 7.89. The second-order valence-corrected chi connectivity index (χ2v) is 6.65. The van der Waals surface area contributed by atoms with Gasteiger partial charge in [-0.3, -0.25) is 4.79 Å². The summed E-state index contributed by atoms with van der Waals surface area (Å²) in [7, 11) is -2.08. The van der Waals surface area contributed by atoms with Crippen LogP contribution >= 0.6 is 0 Å². The lowest BCUT2D eigenvalue weighted by Gasteiger charge is -2.14. The number of carbonyl (C=O) groups is 1. The molecule has 0 heterocycles. The van der Waals surface area contributed by atoms with Gasteiger partial charge in [0.1, 0.15) is 5.75 Å². The summed E-state index contributed by atoms with van der Waals surface area (Å²) in [5.41, 5.74) is 0.735. The van der Waals surface area contributed by atoms with Gasteiger partial charge >= 0.3 is 5.97 Å². The fraction of sp³-hybridized carbons (Fsp3) is 0.500. The lowest BCUT2D eigenvalue weighted by atomic mass is 10.1. The lowest BCUT2D eigenvalue weighted by molar-refractivity contribution is -0.137. The minimum atomic E-state index is -3.61. The van der Waals surface area contributed by atoms with Crippen molar-refractivity contribution in [1.82, 2.24) is 4.72 Å². The number of nitrogens with one attached hydrogen (secondary N) is 1. The van der Waals surface area contributed by atoms with Crippen molar-refractivity contribution in [3.05, 3.63) is 23.8 Å². The van der Waals surface area contributed by atoms with Crippen LogP contribution in [-0.2, 0) is 14.8 Å². The van der Waals surface area contributed by atoms with Gasteiger partial charge in [-0.15, -0.1) is 0 Å². The zero-order valence-corrected chi connectivity index (χ0v) is 13.2. The number of aliphatic carboxylic acids is 1. The molecule has 0 saturated carbocycles. The van der Waals surface area contributed by atoms with Gasteiger partial charge in [-0.2, -0.15) is 0 Å². The predicted octanol–water partition coefficient (Wildman–Crippen LogP) is 1.93. The fourth-order valence-electron chi connectivity index (χ4n) is 1.97. The summed E-state index contributed by atoms with van der Waals surface area (Å²) in [6, 6.07) is 4.32. The number of hydrogen-bond acceptors (Lipinski definition) is 4. The molecule has 1 unspecified atom stereocenters. The molecule has 1 atom stereocenters. The van der Waals surface area contributed by atoms with Crippen molar-refractivity contribution in [3.8, 4) is 5.75 Å². The Hall–Kier alpha value is -1.60. The molecule has 2 N–H and O–H groups in total. The maximum absolute atomic E-state index is 12.2. The van der Waals surface area contributed by atoms with Gasteiger partial charge in [-0.1, -0.05) is 0 Å². The number of hydrogen-bond donors (Lipinski definition) is 2. The molecule has 1 aromatic carbocycles. The number of ether oxygens (including phenoxy) is 1. The molecule has 0 aromatic heterocycles. The highest BCUT2D eigenvalue weighted by Gasteiger charge is 2.18. The van der Waals surface area contributed by atoms with Crippen LogP contribution < -0.4 is 9.46 Å². The summed E-state index contributed by atoms with van der Waals surface area (Å²) in [5, 5.41) is 8.57. The highest BCUT2D eigenvalue weighted by Crippen LogP contribution is 2.21. The molecule has 0 saturated heterocycles. The fourth-order valence-corrected chi connectivity index (χ4v) is 3.33. The monoisotopic (exact) mass is 315 g/mol. The van der Waals surface area contributed by atoms with Crippen molar-refractivity contribution in [2.24, 2.45) is 0 Å². The normalized spacial score (nSPS) is 12.9. The average molecular weight is 315 g/mol. The van der Waals surface area contributed by atoms with E-state index in [0.29, 0.717) is 18.6 Å². The summed E-state index contributed by atoms with van der Waals surface area (Å²) in [6.45, 7) is 3.49. The van der Waals surface area contributed by atoms with Gasteiger partial charge in [-0.05, 0) is 50.5 Å². The van der Waals surface area contributed by atoms with Crippen LogP contribution in [0.2, 0.25) is 0 Å². The van der Waals surface area contributed by atoms with Crippen LogP contribution in [-0.4, -0.2) is 32.6 Å². The molecule has 0 spiro atoms. The molecule has 1 rings (SSSR count). The minimum Gasteiger partial charge on any atom is -0.496 e. The van der Waals surface area contributed by atoms with Gasteiger partial charge in [-0.25, -0.2) is 13.1 Å². The zero-order chi connectivity index (χ0) is 16.0. The van der Waals surface area contributed by atoms with E-state index >= 15 is 0 Å². The first kappa shape index (κ1) is 17.5. The van der Waals surface area contributed by atoms with Crippen molar-refractivity contribution in [2.75, 3.05) is 7.11 Å². The Morgan fingerprint density at radius 3 is 2.62 bits per heavy atom. The van der Waals surface area contributed by atoms with Gasteiger partial charge < -0.3 is 9.84 Å². The summed E-state index contributed by atoms with van der Waals surface area (Å²) in [4.78, 5) is 10.6. The number of carboxylic acid groups (broad SMARTS) is 1. The molecule has 0 aliphatic carbocycles. The topological polar surface area (TPSA) is 92.7 Å². The van der Waals surface area contributed by atoms with Gasteiger partial charge in [0.25, 0.3) is 0 Å². The number of benzene rings is 1. The van der Waals surface area contributed by atoms with Gasteiger partial charge in [0, 0.05) is 12.5 Å². The van der Waals surface area contributed by atoms with Gasteiger partial charge in [0.05, 0.1) is 12.0 Å². The minimum absolute atomic E-state index is 0.0354. The largest absolute Gasteiger partial charge is 0.496 e. The van der Waals surface area contributed by atoms with Crippen LogP contribution in [0.25, 0.3) is 0 Å². The third-order valence-corrected chi connectivity index (χ3v) is 4.65. The van der Waals surface area contributed by atoms with Crippen molar-refractivity contribution >= 4 is 16.0 Å². The van der Waals surface area contributed by atoms with Crippen molar-refractivity contribution in [3.63, 3.8) is 0 Å². The Morgan fingerprint density at radius 1 is 1.43 bits per heavy atom. The van der Waals surface area contributed by atoms with E-state index in [0.717, 1.165) is 5.56 Å². The smallest absolute Gasteiger partial charge is 0.303 e. The molecule has 21 heavy (non-hydrogen) atoms. The molecule has 0 aliphatic heterocycles. The molecule has 0 aliphatic rings. The maximum Gasteiger partial charge on any atom is 0.303 e. The molecular weight excluding hydrogens is 294 g/mol. The van der Waals surface area contributed by atoms with Crippen molar-refractivity contribution < 1.29 is 23.1 Å². The molecule has 0 bridgehead atoms. The predicted molar refractivity (Wildman–Crippen MR) is 79.0 cm³/mol. The van der Waals surface area contributed by atoms with E-state index in [9.17, 15) is 13.2 Å². The van der Waals surface area contributed by atoms with E-state index < -0.39 is 16.0 Å². The van der Waals surface area contributed by atoms with E-state index in [2.05, 4.69) is 4.72 Å². The second kappa shape index (κ2) is 7.42. The van der Waals surface area contributed by atoms with E-state index in [1.807, 2.05) is 0 Å². The van der Waals surface area contributed by atoms with Gasteiger partial charge in [0.15, 0.2) is 0 Å². The third-order valence-electron chi connectivity index (χ3n) is 3.06. The first-order valence-electron chi connectivity index (χ1n) is 6.65. The van der Waals surface area contributed by atoms with Crippen LogP contribution in [0, 0.1) is 6.92 Å². The Morgan fingerprint density at radius 2 is 2.10 bits per heavy atom. The van der Waals surface area contributed by atoms with Crippen LogP contribution in [0.15, 0.2) is 23.1 Å². The van der Waals surface area contributed by atoms with E-state index in [-0.39, 0.29) is 17.4 Å². The number of methoxy groups -OCH3 is 1. The molecule has 118 valence electrons. The molecule has 0 fully saturated rings. The number of aryl methyl sites for hydroxylation is 1. The molecule has 6 nitrogen and oxygen atoms in total. The molecule has 7 heteroatoms. The Kier molecular flexibility index (Phi) is 6.17. The third kappa shape index (κ3) is 5.35. The number of sulfonamides is 1. The Balaban J connectivity index is 2.72. The highest BCUT2D eigenvalue weighted by atomic mass is 32.2. The zero-order valence-electron chi connectivity index (χ0n) is 12.4. The van der Waals surface area contributed by atoms with Gasteiger partial charge in [0.2, 0.25) is 10.0 Å². The van der Waals surface area contributed by atoms with Crippen molar-refractivity contribution in [1.29, 1.82) is 0 Å². The average Bonchev–Trinajstić information content (AvgIpc) is 2.37. The van der Waals surface area contributed by atoms with E-state index in [1.54, 1.807) is 26.0 Å². The SMILES string of the molecule is COc1ccc(S(=O)(=O)NC(C)CCCC(=O)O)cc1C. The molecular formula is C14H21NO5S. The van der Waals surface area contributed by atoms with Crippen LogP contribution in [0.5, 0.6) is 5.75 Å². The maximum atomic E-state index is 12.2. The molecule has 0 amide bonds. The quantitative estimate of drug-likeness (QED) is 0.764. The summed E-state index contributed by atoms with van der Waals surface area (Å²) < 4.78 is 32.1. The van der Waals surface area contributed by atoms with Crippen LogP contribution in [0.3, 0.4) is 0 Å². The standard InChI is InChI=1S/C14H21NO5S/c1-10-9-12(7-8-13(10)20-3)21(18,19)15-11(2)5-4-6-14(16)17/h7-9,11,15H,4-6H2,1-3H3,(H,16,17). The van der Waals surface area contributed by atoms with Crippen LogP contribution in [0.1, 0.15) is 31.7 Å². The molecule has 1 aromatic rings. The Labute approximate surface area is 125 Å². The lowest BCUT2D eigenvalue weighted by Crippen LogP contribution is -2.32.